The first-order chi connectivity index (χ1) is 24.6. The van der Waals surface area contributed by atoms with Gasteiger partial charge in [0, 0.05) is 43.0 Å². The molecule has 1 aromatic rings. The first-order valence-corrected chi connectivity index (χ1v) is 18.4. The van der Waals surface area contributed by atoms with E-state index in [1.807, 2.05) is 25.9 Å². The number of likely N-dealkylation sites (N-methyl/N-ethyl adjacent to an activating group) is 1. The van der Waals surface area contributed by atoms with Crippen LogP contribution in [0.15, 0.2) is 24.3 Å². The van der Waals surface area contributed by atoms with Crippen molar-refractivity contribution in [1.82, 2.24) is 4.90 Å². The molecule has 2 saturated heterocycles. The summed E-state index contributed by atoms with van der Waals surface area (Å²) >= 11 is 0. The van der Waals surface area contributed by atoms with E-state index in [4.69, 9.17) is 23.7 Å². The molecule has 2 fully saturated rings. The number of carbonyl (C=O) groups is 3. The number of nitro benzene ring substituents is 1. The molecule has 300 valence electrons. The van der Waals surface area contributed by atoms with Crippen molar-refractivity contribution in [2.45, 2.75) is 141 Å². The van der Waals surface area contributed by atoms with Gasteiger partial charge in [0.05, 0.1) is 41.2 Å². The molecule has 2 aliphatic rings. The van der Waals surface area contributed by atoms with Crippen LogP contribution in [0.2, 0.25) is 0 Å². The molecule has 0 spiro atoms. The van der Waals surface area contributed by atoms with E-state index < -0.39 is 88.5 Å². The molecule has 14 atom stereocenters. The van der Waals surface area contributed by atoms with Gasteiger partial charge in [-0.15, -0.1) is 0 Å². The lowest BCUT2D eigenvalue weighted by Gasteiger charge is -2.48. The molecule has 3 N–H and O–H groups in total. The second kappa shape index (κ2) is 18.1. The molecule has 2 aliphatic heterocycles. The van der Waals surface area contributed by atoms with Crippen LogP contribution < -0.4 is 0 Å². The first kappa shape index (κ1) is 44.3. The number of nitrogens with zero attached hydrogens (tertiary/aromatic N) is 2. The molecule has 0 saturated carbocycles. The van der Waals surface area contributed by atoms with Crippen LogP contribution in [0.3, 0.4) is 0 Å². The van der Waals surface area contributed by atoms with Crippen LogP contribution in [0, 0.1) is 33.8 Å². The zero-order chi connectivity index (χ0) is 40.2. The average Bonchev–Trinajstić information content (AvgIpc) is 3.10. The average molecular weight is 753 g/mol. The number of aliphatic hydroxyl groups is 3. The van der Waals surface area contributed by atoms with Gasteiger partial charge in [-0.2, -0.15) is 0 Å². The molecule has 15 nitrogen and oxygen atoms in total. The van der Waals surface area contributed by atoms with Crippen LogP contribution in [0.25, 0.3) is 0 Å². The number of Topliss-reactive ketones (excluding diaryl/α,β-unsaturated/α-hetero) is 1. The van der Waals surface area contributed by atoms with Crippen molar-refractivity contribution in [1.29, 1.82) is 0 Å². The van der Waals surface area contributed by atoms with Gasteiger partial charge in [-0.3, -0.25) is 24.5 Å². The molecule has 3 rings (SSSR count). The molecule has 0 bridgehead atoms. The van der Waals surface area contributed by atoms with Gasteiger partial charge in [0.15, 0.2) is 6.29 Å². The summed E-state index contributed by atoms with van der Waals surface area (Å²) in [5, 5.41) is 45.6. The topological polar surface area (TPSA) is 204 Å². The Bertz CT molecular complexity index is 1420. The lowest BCUT2D eigenvalue weighted by molar-refractivity contribution is -0.384. The number of rotatable bonds is 9. The number of ketones is 1. The van der Waals surface area contributed by atoms with E-state index in [0.717, 1.165) is 0 Å². The standard InChI is InChI=1S/C38H60N2O13/c1-12-28-38(8,46)33(44)22(4)30(42)20(2)19-37(7,49-11)34(53-36-31(43)27(39(9)10)17-21(3)50-36)23(5)32(24(6)35(45)51-28)52-29(41)18-25-13-15-26(16-14-25)40(47)48/h13-16,20-24,27-28,31-34,36,43-44,46H,12,17-19H2,1-11H3/t20-,21-,22+,23+,24-,27+,28-,31-,32+,33-,34-,36?,37+,38-/m1/s1. The molecule has 0 radical (unpaired) electrons. The minimum Gasteiger partial charge on any atom is -0.461 e. The summed E-state index contributed by atoms with van der Waals surface area (Å²) in [5.74, 6) is -5.86. The summed E-state index contributed by atoms with van der Waals surface area (Å²) in [6.45, 7) is 13.0. The summed E-state index contributed by atoms with van der Waals surface area (Å²) in [6, 6.07) is 5.08. The van der Waals surface area contributed by atoms with Gasteiger partial charge in [-0.1, -0.05) is 39.8 Å². The Labute approximate surface area is 312 Å². The maximum atomic E-state index is 14.0. The SMILES string of the molecule is CC[C@H]1OC(=O)[C@H](C)[C@@H](OC(=O)Cc2ccc([N+](=O)[O-])cc2)[C@H](C)[C@@H](OC2O[C@H](C)C[C@H](N(C)C)[C@H]2O)[C@@](C)(OC)C[C@@H](C)C(=O)[C@H](C)[C@@H](O)[C@]1(C)O. The van der Waals surface area contributed by atoms with Gasteiger partial charge >= 0.3 is 11.9 Å². The summed E-state index contributed by atoms with van der Waals surface area (Å²) in [4.78, 5) is 54.0. The van der Waals surface area contributed by atoms with Crippen molar-refractivity contribution < 1.29 is 58.3 Å². The normalized spacial score (nSPS) is 39.2. The van der Waals surface area contributed by atoms with Crippen molar-refractivity contribution in [3.8, 4) is 0 Å². The molecule has 2 heterocycles. The molecule has 1 unspecified atom stereocenters. The number of benzene rings is 1. The fourth-order valence-corrected chi connectivity index (χ4v) is 7.88. The lowest BCUT2D eigenvalue weighted by atomic mass is 9.74. The Morgan fingerprint density at radius 2 is 1.66 bits per heavy atom. The quantitative estimate of drug-likeness (QED) is 0.188. The lowest BCUT2D eigenvalue weighted by Crippen LogP contribution is -2.60. The predicted octanol–water partition coefficient (Wildman–Crippen LogP) is 3.22. The van der Waals surface area contributed by atoms with E-state index in [1.165, 1.54) is 52.1 Å². The number of non-ortho nitro benzene ring substituents is 1. The number of hydrogen-bond donors (Lipinski definition) is 3. The zero-order valence-corrected chi connectivity index (χ0v) is 32.9. The third-order valence-electron chi connectivity index (χ3n) is 11.2. The van der Waals surface area contributed by atoms with E-state index in [0.29, 0.717) is 12.0 Å². The van der Waals surface area contributed by atoms with Crippen LogP contribution in [-0.2, 0) is 44.5 Å². The third kappa shape index (κ3) is 10.2. The highest BCUT2D eigenvalue weighted by atomic mass is 16.7. The van der Waals surface area contributed by atoms with Crippen molar-refractivity contribution in [2.24, 2.45) is 23.7 Å². The van der Waals surface area contributed by atoms with E-state index >= 15 is 0 Å². The monoisotopic (exact) mass is 752 g/mol. The Hall–Kier alpha value is -3.05. The Balaban J connectivity index is 2.18. The maximum absolute atomic E-state index is 14.0. The number of aliphatic hydroxyl groups excluding tert-OH is 2. The highest BCUT2D eigenvalue weighted by molar-refractivity contribution is 5.83. The third-order valence-corrected chi connectivity index (χ3v) is 11.2. The first-order valence-electron chi connectivity index (χ1n) is 18.4. The summed E-state index contributed by atoms with van der Waals surface area (Å²) in [5.41, 5.74) is -3.09. The number of ether oxygens (including phenoxy) is 5. The van der Waals surface area contributed by atoms with Crippen LogP contribution >= 0.6 is 0 Å². The van der Waals surface area contributed by atoms with Gasteiger partial charge in [0.1, 0.15) is 29.7 Å². The van der Waals surface area contributed by atoms with Crippen molar-refractivity contribution in [3.05, 3.63) is 39.9 Å². The van der Waals surface area contributed by atoms with E-state index in [-0.39, 0.29) is 42.9 Å². The van der Waals surface area contributed by atoms with Crippen LogP contribution in [0.4, 0.5) is 5.69 Å². The van der Waals surface area contributed by atoms with Gasteiger partial charge in [0.25, 0.3) is 5.69 Å². The van der Waals surface area contributed by atoms with Crippen molar-refractivity contribution >= 4 is 23.4 Å². The molecule has 1 aromatic carbocycles. The smallest absolute Gasteiger partial charge is 0.312 e. The zero-order valence-electron chi connectivity index (χ0n) is 32.9. The van der Waals surface area contributed by atoms with Gasteiger partial charge in [-0.05, 0) is 66.6 Å². The van der Waals surface area contributed by atoms with Gasteiger partial charge in [0.2, 0.25) is 0 Å². The van der Waals surface area contributed by atoms with Crippen LogP contribution in [0.1, 0.15) is 80.2 Å². The predicted molar refractivity (Wildman–Crippen MR) is 192 cm³/mol. The molecule has 53 heavy (non-hydrogen) atoms. The summed E-state index contributed by atoms with van der Waals surface area (Å²) < 4.78 is 30.9. The minimum absolute atomic E-state index is 0.0332. The Morgan fingerprint density at radius 3 is 2.19 bits per heavy atom. The fourth-order valence-electron chi connectivity index (χ4n) is 7.88. The Morgan fingerprint density at radius 1 is 1.06 bits per heavy atom. The highest BCUT2D eigenvalue weighted by Gasteiger charge is 2.53. The number of cyclic esters (lactones) is 1. The minimum atomic E-state index is -2.03. The van der Waals surface area contributed by atoms with Crippen LogP contribution in [0.5, 0.6) is 0 Å². The highest BCUT2D eigenvalue weighted by Crippen LogP contribution is 2.40. The summed E-state index contributed by atoms with van der Waals surface area (Å²) in [6.07, 6.45) is -7.46. The van der Waals surface area contributed by atoms with E-state index in [1.54, 1.807) is 27.7 Å². The molecule has 0 aliphatic carbocycles. The van der Waals surface area contributed by atoms with Crippen molar-refractivity contribution in [2.75, 3.05) is 21.2 Å². The maximum Gasteiger partial charge on any atom is 0.312 e. The number of esters is 2. The van der Waals surface area contributed by atoms with Gasteiger partial charge in [-0.25, -0.2) is 0 Å². The second-order valence-electron chi connectivity index (χ2n) is 15.6. The molecular formula is C38H60N2O13. The number of methoxy groups -OCH3 is 1. The number of hydrogen-bond acceptors (Lipinski definition) is 14. The largest absolute Gasteiger partial charge is 0.461 e. The molecule has 0 amide bonds. The van der Waals surface area contributed by atoms with E-state index in [9.17, 15) is 39.8 Å². The fraction of sp³-hybridized carbons (Fsp3) is 0.763. The molecular weight excluding hydrogens is 692 g/mol. The van der Waals surface area contributed by atoms with E-state index in [2.05, 4.69) is 0 Å². The molecule has 0 aromatic heterocycles. The Kier molecular flexibility index (Phi) is 15.1. The second-order valence-corrected chi connectivity index (χ2v) is 15.6. The van der Waals surface area contributed by atoms with Gasteiger partial charge < -0.3 is 43.9 Å². The summed E-state index contributed by atoms with van der Waals surface area (Å²) in [7, 11) is 5.11. The van der Waals surface area contributed by atoms with Crippen molar-refractivity contribution in [3.63, 3.8) is 0 Å². The van der Waals surface area contributed by atoms with Crippen LogP contribution in [-0.4, -0.2) is 124 Å². The number of nitro groups is 1. The molecule has 15 heteroatoms. The number of carbonyl (C=O) groups excluding carboxylic acids is 3.